The second kappa shape index (κ2) is 6.23. The number of aliphatic carboxylic acids is 1. The molecule has 1 amide bonds. The highest BCUT2D eigenvalue weighted by atomic mass is 16.6. The lowest BCUT2D eigenvalue weighted by molar-refractivity contribution is -0.143. The van der Waals surface area contributed by atoms with Gasteiger partial charge in [0.25, 0.3) is 0 Å². The molecule has 110 valence electrons. The Morgan fingerprint density at radius 3 is 2.37 bits per heavy atom. The Morgan fingerprint density at radius 1 is 1.21 bits per heavy atom. The largest absolute Gasteiger partial charge is 0.481 e. The van der Waals surface area contributed by atoms with E-state index in [1.54, 1.807) is 20.8 Å². The number of ether oxygens (including phenoxy) is 1. The van der Waals surface area contributed by atoms with Crippen LogP contribution in [0.25, 0.3) is 0 Å². The molecule has 19 heavy (non-hydrogen) atoms. The fourth-order valence-corrected chi connectivity index (χ4v) is 1.99. The Hall–Kier alpha value is -1.30. The van der Waals surface area contributed by atoms with Gasteiger partial charge in [0.1, 0.15) is 5.60 Å². The van der Waals surface area contributed by atoms with Crippen molar-refractivity contribution < 1.29 is 24.5 Å². The van der Waals surface area contributed by atoms with Crippen molar-refractivity contribution in [1.82, 2.24) is 4.90 Å². The lowest BCUT2D eigenvalue weighted by atomic mass is 9.97. The maximum absolute atomic E-state index is 12.0. The number of aliphatic hydroxyl groups excluding tert-OH is 1. The number of carboxylic acid groups (broad SMARTS) is 1. The predicted octanol–water partition coefficient (Wildman–Crippen LogP) is 1.47. The molecule has 1 rings (SSSR count). The number of carboxylic acids is 1. The summed E-state index contributed by atoms with van der Waals surface area (Å²) >= 11 is 0. The maximum Gasteiger partial charge on any atom is 0.410 e. The average Bonchev–Trinajstić information content (AvgIpc) is 2.21. The van der Waals surface area contributed by atoms with Gasteiger partial charge in [-0.3, -0.25) is 4.79 Å². The standard InChI is InChI=1S/C13H23NO5/c1-13(2,3)19-12(18)14-7-6-10(15)5-4-9(8-14)11(16)17/h9-10,15H,4-8H2,1-3H3,(H,16,17). The number of carbonyl (C=O) groups is 2. The van der Waals surface area contributed by atoms with Crippen molar-refractivity contribution in [3.63, 3.8) is 0 Å². The molecule has 0 saturated carbocycles. The van der Waals surface area contributed by atoms with Gasteiger partial charge in [0.2, 0.25) is 0 Å². The fraction of sp³-hybridized carbons (Fsp3) is 0.846. The second-order valence-corrected chi connectivity index (χ2v) is 5.98. The summed E-state index contributed by atoms with van der Waals surface area (Å²) in [6, 6.07) is 0. The molecule has 2 unspecified atom stereocenters. The molecule has 0 aromatic rings. The summed E-state index contributed by atoms with van der Waals surface area (Å²) in [5.41, 5.74) is -0.614. The molecule has 0 aliphatic carbocycles. The van der Waals surface area contributed by atoms with Crippen molar-refractivity contribution >= 4 is 12.1 Å². The minimum Gasteiger partial charge on any atom is -0.481 e. The van der Waals surface area contributed by atoms with Crippen LogP contribution in [0.3, 0.4) is 0 Å². The topological polar surface area (TPSA) is 87.1 Å². The summed E-state index contributed by atoms with van der Waals surface area (Å²) in [6.45, 7) is 5.74. The zero-order valence-corrected chi connectivity index (χ0v) is 11.8. The first-order chi connectivity index (χ1) is 8.69. The molecule has 0 aromatic carbocycles. The SMILES string of the molecule is CC(C)(C)OC(=O)N1CCC(O)CCC(C(=O)O)C1. The lowest BCUT2D eigenvalue weighted by Crippen LogP contribution is -2.43. The number of amides is 1. The zero-order chi connectivity index (χ0) is 14.6. The Kier molecular flexibility index (Phi) is 5.17. The van der Waals surface area contributed by atoms with E-state index in [0.29, 0.717) is 25.8 Å². The third-order valence-electron chi connectivity index (χ3n) is 3.02. The molecular formula is C13H23NO5. The Balaban J connectivity index is 2.72. The number of aliphatic hydroxyl groups is 1. The van der Waals surface area contributed by atoms with E-state index < -0.39 is 29.7 Å². The smallest absolute Gasteiger partial charge is 0.410 e. The van der Waals surface area contributed by atoms with E-state index in [2.05, 4.69) is 0 Å². The number of hydrogen-bond acceptors (Lipinski definition) is 4. The van der Waals surface area contributed by atoms with E-state index in [0.717, 1.165) is 0 Å². The highest BCUT2D eigenvalue weighted by molar-refractivity contribution is 5.73. The van der Waals surface area contributed by atoms with Gasteiger partial charge in [0.05, 0.1) is 12.0 Å². The molecule has 1 fully saturated rings. The van der Waals surface area contributed by atoms with Gasteiger partial charge in [-0.2, -0.15) is 0 Å². The number of hydrogen-bond donors (Lipinski definition) is 2. The molecule has 0 radical (unpaired) electrons. The summed E-state index contributed by atoms with van der Waals surface area (Å²) in [7, 11) is 0. The van der Waals surface area contributed by atoms with Crippen molar-refractivity contribution in [3.05, 3.63) is 0 Å². The summed E-state index contributed by atoms with van der Waals surface area (Å²) in [6.07, 6.45) is 0.195. The van der Waals surface area contributed by atoms with E-state index in [4.69, 9.17) is 9.84 Å². The van der Waals surface area contributed by atoms with Crippen LogP contribution in [0.4, 0.5) is 4.79 Å². The summed E-state index contributed by atoms with van der Waals surface area (Å²) in [4.78, 5) is 24.5. The summed E-state index contributed by atoms with van der Waals surface area (Å²) in [5.74, 6) is -1.59. The highest BCUT2D eigenvalue weighted by Gasteiger charge is 2.30. The van der Waals surface area contributed by atoms with Crippen LogP contribution in [-0.4, -0.2) is 52.0 Å². The van der Waals surface area contributed by atoms with Gasteiger partial charge in [0.15, 0.2) is 0 Å². The maximum atomic E-state index is 12.0. The first-order valence-corrected chi connectivity index (χ1v) is 6.58. The van der Waals surface area contributed by atoms with E-state index in [9.17, 15) is 14.7 Å². The normalized spacial score (nSPS) is 25.4. The molecule has 0 spiro atoms. The zero-order valence-electron chi connectivity index (χ0n) is 11.8. The van der Waals surface area contributed by atoms with Gasteiger partial charge >= 0.3 is 12.1 Å². The van der Waals surface area contributed by atoms with Gasteiger partial charge in [0, 0.05) is 13.1 Å². The number of nitrogens with zero attached hydrogens (tertiary/aromatic N) is 1. The Bertz CT molecular complexity index is 336. The van der Waals surface area contributed by atoms with Gasteiger partial charge in [-0.25, -0.2) is 4.79 Å². The van der Waals surface area contributed by atoms with Crippen LogP contribution in [-0.2, 0) is 9.53 Å². The summed E-state index contributed by atoms with van der Waals surface area (Å²) < 4.78 is 5.25. The molecule has 2 atom stereocenters. The van der Waals surface area contributed by atoms with Crippen LogP contribution < -0.4 is 0 Å². The third-order valence-corrected chi connectivity index (χ3v) is 3.02. The van der Waals surface area contributed by atoms with Gasteiger partial charge in [-0.05, 0) is 40.0 Å². The molecule has 1 aliphatic heterocycles. The van der Waals surface area contributed by atoms with Crippen molar-refractivity contribution in [1.29, 1.82) is 0 Å². The number of carbonyl (C=O) groups excluding carboxylic acids is 1. The second-order valence-electron chi connectivity index (χ2n) is 5.98. The first-order valence-electron chi connectivity index (χ1n) is 6.58. The number of rotatable bonds is 1. The molecule has 1 heterocycles. The minimum absolute atomic E-state index is 0.136. The molecule has 6 nitrogen and oxygen atoms in total. The van der Waals surface area contributed by atoms with E-state index in [-0.39, 0.29) is 6.54 Å². The molecule has 1 saturated heterocycles. The quantitative estimate of drug-likeness (QED) is 0.755. The first kappa shape index (κ1) is 15.8. The van der Waals surface area contributed by atoms with Gasteiger partial charge in [-0.1, -0.05) is 0 Å². The monoisotopic (exact) mass is 273 g/mol. The van der Waals surface area contributed by atoms with E-state index in [1.165, 1.54) is 4.90 Å². The van der Waals surface area contributed by atoms with E-state index >= 15 is 0 Å². The summed E-state index contributed by atoms with van der Waals surface area (Å²) in [5, 5.41) is 18.8. The highest BCUT2D eigenvalue weighted by Crippen LogP contribution is 2.19. The van der Waals surface area contributed by atoms with Crippen molar-refractivity contribution in [2.75, 3.05) is 13.1 Å². The van der Waals surface area contributed by atoms with Gasteiger partial charge < -0.3 is 19.8 Å². The van der Waals surface area contributed by atoms with Crippen molar-refractivity contribution in [2.24, 2.45) is 5.92 Å². The van der Waals surface area contributed by atoms with Gasteiger partial charge in [-0.15, -0.1) is 0 Å². The fourth-order valence-electron chi connectivity index (χ4n) is 1.99. The Labute approximate surface area is 113 Å². The van der Waals surface area contributed by atoms with Crippen LogP contribution in [0.5, 0.6) is 0 Å². The molecule has 1 aliphatic rings. The Morgan fingerprint density at radius 2 is 1.84 bits per heavy atom. The van der Waals surface area contributed by atoms with Crippen LogP contribution in [0.2, 0.25) is 0 Å². The van der Waals surface area contributed by atoms with Crippen LogP contribution in [0.15, 0.2) is 0 Å². The van der Waals surface area contributed by atoms with Crippen molar-refractivity contribution in [2.45, 2.75) is 51.7 Å². The number of likely N-dealkylation sites (tertiary alicyclic amines) is 1. The molecule has 2 N–H and O–H groups in total. The van der Waals surface area contributed by atoms with Crippen LogP contribution in [0, 0.1) is 5.92 Å². The van der Waals surface area contributed by atoms with E-state index in [1.807, 2.05) is 0 Å². The molecule has 0 aromatic heterocycles. The molecule has 6 heteroatoms. The minimum atomic E-state index is -0.942. The molecule has 0 bridgehead atoms. The average molecular weight is 273 g/mol. The third kappa shape index (κ3) is 5.46. The van der Waals surface area contributed by atoms with Crippen molar-refractivity contribution in [3.8, 4) is 0 Å². The lowest BCUT2D eigenvalue weighted by Gasteiger charge is -2.31. The van der Waals surface area contributed by atoms with Crippen LogP contribution >= 0.6 is 0 Å². The molecular weight excluding hydrogens is 250 g/mol. The van der Waals surface area contributed by atoms with Crippen LogP contribution in [0.1, 0.15) is 40.0 Å². The predicted molar refractivity (Wildman–Crippen MR) is 68.8 cm³/mol.